The van der Waals surface area contributed by atoms with Gasteiger partial charge >= 0.3 is 0 Å². The number of ether oxygens (including phenoxy) is 2. The lowest BCUT2D eigenvalue weighted by atomic mass is 10.3. The summed E-state index contributed by atoms with van der Waals surface area (Å²) in [5, 5.41) is 3.97. The van der Waals surface area contributed by atoms with Crippen LogP contribution in [0.4, 0.5) is 5.95 Å². The van der Waals surface area contributed by atoms with Gasteiger partial charge in [-0.25, -0.2) is 9.67 Å². The van der Waals surface area contributed by atoms with Gasteiger partial charge in [0.25, 0.3) is 0 Å². The van der Waals surface area contributed by atoms with Gasteiger partial charge in [-0.2, -0.15) is 0 Å². The molecule has 0 aliphatic carbocycles. The molecule has 0 saturated heterocycles. The highest BCUT2D eigenvalue weighted by Gasteiger charge is 2.11. The van der Waals surface area contributed by atoms with Crippen molar-refractivity contribution < 1.29 is 9.47 Å². The van der Waals surface area contributed by atoms with Gasteiger partial charge in [0.1, 0.15) is 12.4 Å². The molecule has 1 aromatic rings. The molecule has 0 aliphatic rings. The molecule has 1 aromatic heterocycles. The van der Waals surface area contributed by atoms with Gasteiger partial charge in [-0.15, -0.1) is 5.10 Å². The molecular formula is C7H14N4O2. The van der Waals surface area contributed by atoms with Crippen LogP contribution in [0.3, 0.4) is 0 Å². The molecule has 0 aliphatic heterocycles. The van der Waals surface area contributed by atoms with E-state index in [9.17, 15) is 0 Å². The average molecular weight is 186 g/mol. The predicted octanol–water partition coefficient (Wildman–Crippen LogP) is -0.306. The van der Waals surface area contributed by atoms with Crippen LogP contribution in [0.5, 0.6) is 0 Å². The molecule has 13 heavy (non-hydrogen) atoms. The summed E-state index contributed by atoms with van der Waals surface area (Å²) in [5.41, 5.74) is 5.38. The Hall–Kier alpha value is -1.14. The third-order valence-corrected chi connectivity index (χ3v) is 1.62. The van der Waals surface area contributed by atoms with E-state index in [2.05, 4.69) is 10.1 Å². The number of aromatic nitrogens is 3. The molecule has 74 valence electrons. The van der Waals surface area contributed by atoms with Gasteiger partial charge in [0, 0.05) is 14.2 Å². The van der Waals surface area contributed by atoms with E-state index in [1.807, 2.05) is 0 Å². The Kier molecular flexibility index (Phi) is 3.66. The van der Waals surface area contributed by atoms with Crippen LogP contribution >= 0.6 is 0 Å². The van der Waals surface area contributed by atoms with Crippen LogP contribution in [0.15, 0.2) is 6.33 Å². The van der Waals surface area contributed by atoms with Crippen molar-refractivity contribution in [2.45, 2.75) is 6.04 Å². The molecule has 6 nitrogen and oxygen atoms in total. The Balaban J connectivity index is 2.63. The number of nitrogen functional groups attached to an aromatic ring is 1. The van der Waals surface area contributed by atoms with Crippen molar-refractivity contribution in [1.82, 2.24) is 14.8 Å². The highest BCUT2D eigenvalue weighted by molar-refractivity contribution is 5.09. The number of anilines is 1. The summed E-state index contributed by atoms with van der Waals surface area (Å²) in [4.78, 5) is 3.82. The standard InChI is InChI=1S/C7H14N4O2/c1-12-3-6(4-13-2)11-5-9-7(8)10-11/h5-6H,3-4H2,1-2H3,(H2,8,10). The van der Waals surface area contributed by atoms with E-state index in [0.717, 1.165) is 0 Å². The normalized spacial score (nSPS) is 11.0. The van der Waals surface area contributed by atoms with Gasteiger partial charge in [-0.1, -0.05) is 0 Å². The van der Waals surface area contributed by atoms with Gasteiger partial charge in [-0.3, -0.25) is 0 Å². The number of nitrogens with zero attached hydrogens (tertiary/aromatic N) is 3. The summed E-state index contributed by atoms with van der Waals surface area (Å²) >= 11 is 0. The predicted molar refractivity (Wildman–Crippen MR) is 47.2 cm³/mol. The van der Waals surface area contributed by atoms with E-state index >= 15 is 0 Å². The van der Waals surface area contributed by atoms with Crippen LogP contribution in [0.25, 0.3) is 0 Å². The molecule has 0 fully saturated rings. The second-order valence-electron chi connectivity index (χ2n) is 2.65. The third kappa shape index (κ3) is 2.67. The first-order valence-corrected chi connectivity index (χ1v) is 3.92. The Bertz CT molecular complexity index is 244. The molecule has 2 N–H and O–H groups in total. The summed E-state index contributed by atoms with van der Waals surface area (Å²) in [6.07, 6.45) is 1.57. The van der Waals surface area contributed by atoms with Crippen LogP contribution in [-0.4, -0.2) is 42.2 Å². The highest BCUT2D eigenvalue weighted by atomic mass is 16.5. The van der Waals surface area contributed by atoms with Crippen molar-refractivity contribution in [2.75, 3.05) is 33.2 Å². The average Bonchev–Trinajstić information content (AvgIpc) is 2.51. The Morgan fingerprint density at radius 1 is 1.46 bits per heavy atom. The molecule has 0 spiro atoms. The fourth-order valence-electron chi connectivity index (χ4n) is 1.05. The van der Waals surface area contributed by atoms with Gasteiger partial charge in [0.05, 0.1) is 13.2 Å². The SMILES string of the molecule is COCC(COC)n1cnc(N)n1. The quantitative estimate of drug-likeness (QED) is 0.683. The summed E-state index contributed by atoms with van der Waals surface area (Å²) < 4.78 is 11.7. The Morgan fingerprint density at radius 3 is 2.46 bits per heavy atom. The minimum Gasteiger partial charge on any atom is -0.382 e. The Labute approximate surface area is 76.6 Å². The smallest absolute Gasteiger partial charge is 0.239 e. The second kappa shape index (κ2) is 4.78. The van der Waals surface area contributed by atoms with E-state index in [0.29, 0.717) is 13.2 Å². The Morgan fingerprint density at radius 2 is 2.08 bits per heavy atom. The number of rotatable bonds is 5. The summed E-state index contributed by atoms with van der Waals surface area (Å²) in [6.45, 7) is 1.05. The van der Waals surface area contributed by atoms with Crippen molar-refractivity contribution >= 4 is 5.95 Å². The van der Waals surface area contributed by atoms with Crippen LogP contribution in [0.1, 0.15) is 6.04 Å². The number of hydrogen-bond acceptors (Lipinski definition) is 5. The maximum atomic E-state index is 5.38. The van der Waals surface area contributed by atoms with Crippen LogP contribution in [0.2, 0.25) is 0 Å². The number of methoxy groups -OCH3 is 2. The zero-order chi connectivity index (χ0) is 9.68. The lowest BCUT2D eigenvalue weighted by Gasteiger charge is -2.14. The molecule has 1 heterocycles. The van der Waals surface area contributed by atoms with E-state index in [-0.39, 0.29) is 12.0 Å². The van der Waals surface area contributed by atoms with Crippen molar-refractivity contribution in [2.24, 2.45) is 0 Å². The molecule has 0 aromatic carbocycles. The first-order valence-electron chi connectivity index (χ1n) is 3.92. The largest absolute Gasteiger partial charge is 0.382 e. The summed E-state index contributed by atoms with van der Waals surface area (Å²) in [6, 6.07) is 0.0276. The molecule has 6 heteroatoms. The molecule has 1 rings (SSSR count). The number of hydrogen-bond donors (Lipinski definition) is 1. The molecule has 0 bridgehead atoms. The molecular weight excluding hydrogens is 172 g/mol. The van der Waals surface area contributed by atoms with Gasteiger partial charge in [-0.05, 0) is 0 Å². The van der Waals surface area contributed by atoms with Gasteiger partial charge in [0.2, 0.25) is 5.95 Å². The van der Waals surface area contributed by atoms with E-state index in [1.54, 1.807) is 25.2 Å². The van der Waals surface area contributed by atoms with Crippen molar-refractivity contribution in [3.05, 3.63) is 6.33 Å². The van der Waals surface area contributed by atoms with Crippen LogP contribution in [-0.2, 0) is 9.47 Å². The van der Waals surface area contributed by atoms with Crippen molar-refractivity contribution in [1.29, 1.82) is 0 Å². The topological polar surface area (TPSA) is 75.2 Å². The van der Waals surface area contributed by atoms with Gasteiger partial charge in [0.15, 0.2) is 0 Å². The van der Waals surface area contributed by atoms with E-state index in [1.165, 1.54) is 0 Å². The lowest BCUT2D eigenvalue weighted by molar-refractivity contribution is 0.0838. The summed E-state index contributed by atoms with van der Waals surface area (Å²) in [5.74, 6) is 0.261. The highest BCUT2D eigenvalue weighted by Crippen LogP contribution is 2.05. The third-order valence-electron chi connectivity index (χ3n) is 1.62. The molecule has 0 amide bonds. The van der Waals surface area contributed by atoms with E-state index < -0.39 is 0 Å². The maximum absolute atomic E-state index is 5.38. The van der Waals surface area contributed by atoms with E-state index in [4.69, 9.17) is 15.2 Å². The maximum Gasteiger partial charge on any atom is 0.239 e. The molecule has 0 saturated carbocycles. The minimum absolute atomic E-state index is 0.0276. The second-order valence-corrected chi connectivity index (χ2v) is 2.65. The molecule has 0 unspecified atom stereocenters. The van der Waals surface area contributed by atoms with Gasteiger partial charge < -0.3 is 15.2 Å². The fourth-order valence-corrected chi connectivity index (χ4v) is 1.05. The first-order chi connectivity index (χ1) is 6.27. The van der Waals surface area contributed by atoms with Crippen LogP contribution in [0, 0.1) is 0 Å². The first kappa shape index (κ1) is 9.94. The molecule has 0 atom stereocenters. The zero-order valence-electron chi connectivity index (χ0n) is 7.80. The zero-order valence-corrected chi connectivity index (χ0v) is 7.80. The van der Waals surface area contributed by atoms with Crippen LogP contribution < -0.4 is 5.73 Å². The molecule has 0 radical (unpaired) electrons. The lowest BCUT2D eigenvalue weighted by Crippen LogP contribution is -2.20. The van der Waals surface area contributed by atoms with Crippen molar-refractivity contribution in [3.8, 4) is 0 Å². The fraction of sp³-hybridized carbons (Fsp3) is 0.714. The summed E-state index contributed by atoms with van der Waals surface area (Å²) in [7, 11) is 3.26. The van der Waals surface area contributed by atoms with Crippen molar-refractivity contribution in [3.63, 3.8) is 0 Å². The minimum atomic E-state index is 0.0276. The monoisotopic (exact) mass is 186 g/mol. The number of nitrogens with two attached hydrogens (primary N) is 1.